The topological polar surface area (TPSA) is 147 Å². The highest BCUT2D eigenvalue weighted by molar-refractivity contribution is 5.99. The zero-order valence-corrected chi connectivity index (χ0v) is 28.3. The Bertz CT molecular complexity index is 1420. The van der Waals surface area contributed by atoms with Crippen molar-refractivity contribution in [1.29, 1.82) is 0 Å². The van der Waals surface area contributed by atoms with Crippen LogP contribution in [0.4, 0.5) is 0 Å². The molecule has 0 radical (unpaired) electrons. The Morgan fingerprint density at radius 2 is 1.51 bits per heavy atom. The lowest BCUT2D eigenvalue weighted by molar-refractivity contribution is -0.132. The number of carbonyl (C=O) groups is 4. The van der Waals surface area contributed by atoms with E-state index in [1.54, 1.807) is 54.5 Å². The van der Waals surface area contributed by atoms with Crippen LogP contribution in [0.15, 0.2) is 77.4 Å². The minimum Gasteiger partial charge on any atom is -0.469 e. The maximum Gasteiger partial charge on any atom is 0.253 e. The molecule has 47 heavy (non-hydrogen) atoms. The average Bonchev–Trinajstić information content (AvgIpc) is 3.58. The van der Waals surface area contributed by atoms with E-state index in [9.17, 15) is 19.2 Å². The Morgan fingerprint density at radius 3 is 2.13 bits per heavy atom. The van der Waals surface area contributed by atoms with Gasteiger partial charge in [0, 0.05) is 49.1 Å². The Kier molecular flexibility index (Phi) is 14.7. The van der Waals surface area contributed by atoms with E-state index in [0.717, 1.165) is 18.4 Å². The van der Waals surface area contributed by atoms with Gasteiger partial charge in [-0.25, -0.2) is 0 Å². The van der Waals surface area contributed by atoms with Gasteiger partial charge >= 0.3 is 0 Å². The number of nitrogens with two attached hydrogens (primary N) is 1. The van der Waals surface area contributed by atoms with Gasteiger partial charge in [-0.2, -0.15) is 0 Å². The van der Waals surface area contributed by atoms with E-state index < -0.39 is 24.0 Å². The molecule has 0 aliphatic rings. The first-order valence-corrected chi connectivity index (χ1v) is 16.6. The lowest BCUT2D eigenvalue weighted by atomic mass is 9.92. The number of benzene rings is 2. The molecule has 0 bridgehead atoms. The molecule has 4 amide bonds. The van der Waals surface area contributed by atoms with E-state index in [1.807, 2.05) is 58.0 Å². The second-order valence-electron chi connectivity index (χ2n) is 12.5. The van der Waals surface area contributed by atoms with Gasteiger partial charge in [0.25, 0.3) is 11.8 Å². The number of hydrogen-bond donors (Lipinski definition) is 4. The largest absolute Gasteiger partial charge is 0.469 e. The predicted octanol–water partition coefficient (Wildman–Crippen LogP) is 4.69. The van der Waals surface area contributed by atoms with Crippen LogP contribution in [0.2, 0.25) is 0 Å². The van der Waals surface area contributed by atoms with E-state index in [-0.39, 0.29) is 36.0 Å². The van der Waals surface area contributed by atoms with Crippen molar-refractivity contribution < 1.29 is 23.6 Å². The first-order valence-electron chi connectivity index (χ1n) is 16.6. The highest BCUT2D eigenvalue weighted by Crippen LogP contribution is 2.16. The maximum absolute atomic E-state index is 13.5. The molecular weight excluding hydrogens is 594 g/mol. The number of furan rings is 1. The van der Waals surface area contributed by atoms with Gasteiger partial charge in [0.05, 0.1) is 12.3 Å². The number of rotatable bonds is 18. The van der Waals surface area contributed by atoms with Crippen molar-refractivity contribution >= 4 is 23.6 Å². The molecule has 0 saturated heterocycles. The molecule has 4 atom stereocenters. The van der Waals surface area contributed by atoms with Gasteiger partial charge in [0.15, 0.2) is 0 Å². The minimum absolute atomic E-state index is 0.111. The highest BCUT2D eigenvalue weighted by atomic mass is 16.3. The van der Waals surface area contributed by atoms with Crippen molar-refractivity contribution in [3.63, 3.8) is 0 Å². The summed E-state index contributed by atoms with van der Waals surface area (Å²) < 4.78 is 5.56. The van der Waals surface area contributed by atoms with Crippen molar-refractivity contribution in [1.82, 2.24) is 20.9 Å². The summed E-state index contributed by atoms with van der Waals surface area (Å²) in [4.78, 5) is 54.8. The fraction of sp³-hybridized carbons (Fsp3) is 0.459. The van der Waals surface area contributed by atoms with Gasteiger partial charge in [0.2, 0.25) is 11.8 Å². The molecule has 10 nitrogen and oxygen atoms in total. The molecular formula is C37H51N5O5. The van der Waals surface area contributed by atoms with Crippen LogP contribution in [0.5, 0.6) is 0 Å². The number of nitrogens with one attached hydrogen (secondary N) is 3. The van der Waals surface area contributed by atoms with E-state index in [1.165, 1.54) is 0 Å². The summed E-state index contributed by atoms with van der Waals surface area (Å²) >= 11 is 0. The van der Waals surface area contributed by atoms with Crippen LogP contribution < -0.4 is 21.7 Å². The number of nitrogens with zero attached hydrogens (tertiary/aromatic N) is 1. The van der Waals surface area contributed by atoms with E-state index >= 15 is 0 Å². The standard InChI is InChI=1S/C37H51N5O5/c1-6-18-42(19-7-2)37(46)29-16-11-15-28(22-29)35(44)40-32(23-30-17-12-20-47-30)31(38)21-26(5)34(43)41-33(25(3)4)36(45)39-24-27-13-9-8-10-14-27/h8-17,20,22,25-26,31-33H,6-7,18-19,21,23-24,38H2,1-5H3,(H,39,45)(H,40,44)(H,41,43)/t26-,31+,32+,33+/m1/s1. The lowest BCUT2D eigenvalue weighted by Gasteiger charge is -2.28. The zero-order valence-electron chi connectivity index (χ0n) is 28.3. The summed E-state index contributed by atoms with van der Waals surface area (Å²) in [6, 6.07) is 17.9. The molecule has 1 heterocycles. The van der Waals surface area contributed by atoms with Crippen LogP contribution in [-0.4, -0.2) is 59.7 Å². The van der Waals surface area contributed by atoms with Crippen molar-refractivity contribution in [2.75, 3.05) is 13.1 Å². The second kappa shape index (κ2) is 18.6. The Hall–Kier alpha value is -4.44. The second-order valence-corrected chi connectivity index (χ2v) is 12.5. The molecule has 5 N–H and O–H groups in total. The number of carbonyl (C=O) groups excluding carboxylic acids is 4. The summed E-state index contributed by atoms with van der Waals surface area (Å²) in [5.41, 5.74) is 8.42. The first-order chi connectivity index (χ1) is 22.5. The smallest absolute Gasteiger partial charge is 0.253 e. The van der Waals surface area contributed by atoms with Crippen molar-refractivity contribution in [2.24, 2.45) is 17.6 Å². The van der Waals surface area contributed by atoms with Crippen LogP contribution in [0.1, 0.15) is 85.9 Å². The summed E-state index contributed by atoms with van der Waals surface area (Å²) in [6.07, 6.45) is 3.79. The molecule has 3 aromatic rings. The highest BCUT2D eigenvalue weighted by Gasteiger charge is 2.30. The summed E-state index contributed by atoms with van der Waals surface area (Å²) in [6.45, 7) is 11.2. The van der Waals surface area contributed by atoms with Gasteiger partial charge in [-0.1, -0.05) is 71.0 Å². The molecule has 0 fully saturated rings. The average molecular weight is 646 g/mol. The van der Waals surface area contributed by atoms with Crippen molar-refractivity contribution in [3.8, 4) is 0 Å². The molecule has 254 valence electrons. The first kappa shape index (κ1) is 37.0. The summed E-state index contributed by atoms with van der Waals surface area (Å²) in [5, 5.41) is 8.85. The fourth-order valence-electron chi connectivity index (χ4n) is 5.44. The molecule has 1 aromatic heterocycles. The molecule has 0 spiro atoms. The molecule has 10 heteroatoms. The Morgan fingerprint density at radius 1 is 0.830 bits per heavy atom. The normalized spacial score (nSPS) is 13.7. The number of hydrogen-bond acceptors (Lipinski definition) is 6. The molecule has 0 aliphatic carbocycles. The maximum atomic E-state index is 13.5. The molecule has 3 rings (SSSR count). The Labute approximate surface area is 278 Å². The minimum atomic E-state index is -0.718. The fourth-order valence-corrected chi connectivity index (χ4v) is 5.44. The van der Waals surface area contributed by atoms with Crippen molar-refractivity contribution in [2.45, 2.75) is 85.0 Å². The van der Waals surface area contributed by atoms with Crippen LogP contribution in [0.25, 0.3) is 0 Å². The van der Waals surface area contributed by atoms with Crippen LogP contribution in [0.3, 0.4) is 0 Å². The molecule has 0 saturated carbocycles. The predicted molar refractivity (Wildman–Crippen MR) is 183 cm³/mol. The van der Waals surface area contributed by atoms with Gasteiger partial charge < -0.3 is 31.0 Å². The molecule has 2 aromatic carbocycles. The van der Waals surface area contributed by atoms with Crippen LogP contribution >= 0.6 is 0 Å². The third-order valence-corrected chi connectivity index (χ3v) is 8.11. The monoisotopic (exact) mass is 645 g/mol. The Balaban J connectivity index is 1.68. The molecule has 0 aliphatic heterocycles. The third kappa shape index (κ3) is 11.4. The summed E-state index contributed by atoms with van der Waals surface area (Å²) in [7, 11) is 0. The van der Waals surface area contributed by atoms with Crippen molar-refractivity contribution in [3.05, 3.63) is 95.4 Å². The summed E-state index contributed by atoms with van der Waals surface area (Å²) in [5.74, 6) is -1.10. The number of amides is 4. The lowest BCUT2D eigenvalue weighted by Crippen LogP contribution is -2.53. The van der Waals surface area contributed by atoms with E-state index in [0.29, 0.717) is 42.9 Å². The van der Waals surface area contributed by atoms with E-state index in [2.05, 4.69) is 16.0 Å². The van der Waals surface area contributed by atoms with Gasteiger partial charge in [0.1, 0.15) is 11.8 Å². The van der Waals surface area contributed by atoms with Gasteiger partial charge in [-0.3, -0.25) is 19.2 Å². The third-order valence-electron chi connectivity index (χ3n) is 8.11. The quantitative estimate of drug-likeness (QED) is 0.158. The molecule has 0 unspecified atom stereocenters. The van der Waals surface area contributed by atoms with Crippen LogP contribution in [-0.2, 0) is 22.6 Å². The van der Waals surface area contributed by atoms with Crippen LogP contribution in [0, 0.1) is 11.8 Å². The van der Waals surface area contributed by atoms with Gasteiger partial charge in [-0.15, -0.1) is 0 Å². The zero-order chi connectivity index (χ0) is 34.3. The SMILES string of the molecule is CCCN(CCC)C(=O)c1cccc(C(=O)N[C@@H](Cc2ccco2)[C@@H](N)C[C@@H](C)C(=O)N[C@H](C(=O)NCc2ccccc2)C(C)C)c1. The van der Waals surface area contributed by atoms with E-state index in [4.69, 9.17) is 10.2 Å². The van der Waals surface area contributed by atoms with Gasteiger partial charge in [-0.05, 0) is 61.1 Å².